The van der Waals surface area contributed by atoms with Crippen LogP contribution in [0, 0.1) is 0 Å². The molecular formula is C13H28N2. The summed E-state index contributed by atoms with van der Waals surface area (Å²) < 4.78 is 0. The van der Waals surface area contributed by atoms with Crippen molar-refractivity contribution in [2.75, 3.05) is 13.1 Å². The standard InChI is InChI=1S/C13H28N2/c1-6-13(4,5)14-12-7-9-15(10-8-12)11(2)3/h11-12,14H,6-10H2,1-5H3. The van der Waals surface area contributed by atoms with Crippen LogP contribution in [-0.4, -0.2) is 35.6 Å². The molecule has 0 aromatic rings. The van der Waals surface area contributed by atoms with Gasteiger partial charge in [-0.15, -0.1) is 0 Å². The average Bonchev–Trinajstić information content (AvgIpc) is 2.18. The van der Waals surface area contributed by atoms with Gasteiger partial charge in [-0.2, -0.15) is 0 Å². The molecule has 0 amide bonds. The Balaban J connectivity index is 2.32. The SMILES string of the molecule is CCC(C)(C)NC1CCN(C(C)C)CC1. The molecule has 0 aromatic carbocycles. The summed E-state index contributed by atoms with van der Waals surface area (Å²) in [6.07, 6.45) is 3.82. The van der Waals surface area contributed by atoms with Crippen molar-refractivity contribution < 1.29 is 0 Å². The number of nitrogens with zero attached hydrogens (tertiary/aromatic N) is 1. The molecule has 0 saturated carbocycles. The zero-order chi connectivity index (χ0) is 11.5. The van der Waals surface area contributed by atoms with Crippen molar-refractivity contribution in [1.82, 2.24) is 10.2 Å². The molecule has 0 aromatic heterocycles. The molecule has 0 aliphatic carbocycles. The maximum absolute atomic E-state index is 3.78. The first-order valence-corrected chi connectivity index (χ1v) is 6.46. The minimum Gasteiger partial charge on any atom is -0.309 e. The van der Waals surface area contributed by atoms with Crippen molar-refractivity contribution in [3.05, 3.63) is 0 Å². The fourth-order valence-electron chi connectivity index (χ4n) is 2.21. The van der Waals surface area contributed by atoms with Crippen LogP contribution in [0.5, 0.6) is 0 Å². The van der Waals surface area contributed by atoms with Gasteiger partial charge in [-0.3, -0.25) is 0 Å². The Morgan fingerprint density at radius 3 is 2.20 bits per heavy atom. The summed E-state index contributed by atoms with van der Waals surface area (Å²) in [4.78, 5) is 2.58. The molecular weight excluding hydrogens is 184 g/mol. The topological polar surface area (TPSA) is 15.3 Å². The van der Waals surface area contributed by atoms with E-state index in [0.717, 1.165) is 6.04 Å². The van der Waals surface area contributed by atoms with E-state index in [1.165, 1.54) is 32.4 Å². The van der Waals surface area contributed by atoms with Crippen LogP contribution >= 0.6 is 0 Å². The molecule has 1 N–H and O–H groups in total. The van der Waals surface area contributed by atoms with Crippen molar-refractivity contribution in [1.29, 1.82) is 0 Å². The van der Waals surface area contributed by atoms with Crippen molar-refractivity contribution in [2.24, 2.45) is 0 Å². The van der Waals surface area contributed by atoms with E-state index in [1.807, 2.05) is 0 Å². The minimum atomic E-state index is 0.310. The lowest BCUT2D eigenvalue weighted by Crippen LogP contribution is -2.51. The molecule has 2 nitrogen and oxygen atoms in total. The first-order valence-electron chi connectivity index (χ1n) is 6.46. The van der Waals surface area contributed by atoms with Gasteiger partial charge >= 0.3 is 0 Å². The third-order valence-electron chi connectivity index (χ3n) is 3.74. The Bertz CT molecular complexity index is 179. The molecule has 1 aliphatic heterocycles. The lowest BCUT2D eigenvalue weighted by molar-refractivity contribution is 0.147. The molecule has 1 rings (SSSR count). The number of hydrogen-bond acceptors (Lipinski definition) is 2. The first-order chi connectivity index (χ1) is 6.94. The predicted octanol–water partition coefficient (Wildman–Crippen LogP) is 2.64. The van der Waals surface area contributed by atoms with Gasteiger partial charge in [0.1, 0.15) is 0 Å². The number of likely N-dealkylation sites (tertiary alicyclic amines) is 1. The summed E-state index contributed by atoms with van der Waals surface area (Å²) in [6.45, 7) is 14.0. The van der Waals surface area contributed by atoms with Gasteiger partial charge in [-0.1, -0.05) is 6.92 Å². The molecule has 1 fully saturated rings. The Labute approximate surface area is 95.4 Å². The maximum Gasteiger partial charge on any atom is 0.0125 e. The number of nitrogens with one attached hydrogen (secondary N) is 1. The van der Waals surface area contributed by atoms with E-state index in [2.05, 4.69) is 44.8 Å². The largest absolute Gasteiger partial charge is 0.309 e. The van der Waals surface area contributed by atoms with Gasteiger partial charge in [0.15, 0.2) is 0 Å². The van der Waals surface area contributed by atoms with E-state index in [-0.39, 0.29) is 0 Å². The predicted molar refractivity (Wildman–Crippen MR) is 67.2 cm³/mol. The Morgan fingerprint density at radius 1 is 1.27 bits per heavy atom. The molecule has 0 spiro atoms. The third-order valence-corrected chi connectivity index (χ3v) is 3.74. The van der Waals surface area contributed by atoms with E-state index in [1.54, 1.807) is 0 Å². The van der Waals surface area contributed by atoms with Crippen LogP contribution in [0.1, 0.15) is 53.9 Å². The van der Waals surface area contributed by atoms with Crippen LogP contribution in [-0.2, 0) is 0 Å². The summed E-state index contributed by atoms with van der Waals surface area (Å²) in [7, 11) is 0. The zero-order valence-corrected chi connectivity index (χ0v) is 11.1. The quantitative estimate of drug-likeness (QED) is 0.770. The van der Waals surface area contributed by atoms with Gasteiger partial charge in [0.05, 0.1) is 0 Å². The highest BCUT2D eigenvalue weighted by atomic mass is 15.2. The van der Waals surface area contributed by atoms with Crippen LogP contribution in [0.2, 0.25) is 0 Å². The Hall–Kier alpha value is -0.0800. The molecule has 1 saturated heterocycles. The first kappa shape index (κ1) is 13.0. The number of rotatable bonds is 4. The van der Waals surface area contributed by atoms with Gasteiger partial charge in [-0.25, -0.2) is 0 Å². The molecule has 15 heavy (non-hydrogen) atoms. The molecule has 0 unspecified atom stereocenters. The van der Waals surface area contributed by atoms with Crippen LogP contribution in [0.25, 0.3) is 0 Å². The van der Waals surface area contributed by atoms with E-state index < -0.39 is 0 Å². The molecule has 90 valence electrons. The highest BCUT2D eigenvalue weighted by molar-refractivity contribution is 4.85. The molecule has 1 heterocycles. The maximum atomic E-state index is 3.78. The Morgan fingerprint density at radius 2 is 1.80 bits per heavy atom. The number of hydrogen-bond donors (Lipinski definition) is 1. The second-order valence-corrected chi connectivity index (χ2v) is 5.79. The summed E-state index contributed by atoms with van der Waals surface area (Å²) >= 11 is 0. The zero-order valence-electron chi connectivity index (χ0n) is 11.1. The van der Waals surface area contributed by atoms with Gasteiger partial charge in [-0.05, 0) is 60.0 Å². The summed E-state index contributed by atoms with van der Waals surface area (Å²) in [6, 6.07) is 1.44. The van der Waals surface area contributed by atoms with Crippen molar-refractivity contribution in [2.45, 2.75) is 71.5 Å². The van der Waals surface area contributed by atoms with Crippen molar-refractivity contribution in [3.8, 4) is 0 Å². The Kier molecular flexibility index (Phi) is 4.60. The summed E-state index contributed by atoms with van der Waals surface area (Å²) in [5.41, 5.74) is 0.310. The molecule has 0 radical (unpaired) electrons. The average molecular weight is 212 g/mol. The van der Waals surface area contributed by atoms with E-state index in [4.69, 9.17) is 0 Å². The molecule has 1 aliphatic rings. The van der Waals surface area contributed by atoms with Gasteiger partial charge < -0.3 is 10.2 Å². The van der Waals surface area contributed by atoms with Gasteiger partial charge in [0.2, 0.25) is 0 Å². The molecule has 0 bridgehead atoms. The summed E-state index contributed by atoms with van der Waals surface area (Å²) in [5.74, 6) is 0. The highest BCUT2D eigenvalue weighted by Crippen LogP contribution is 2.17. The monoisotopic (exact) mass is 212 g/mol. The van der Waals surface area contributed by atoms with E-state index in [9.17, 15) is 0 Å². The molecule has 2 heteroatoms. The normalized spacial score (nSPS) is 21.2. The molecule has 0 atom stereocenters. The van der Waals surface area contributed by atoms with E-state index >= 15 is 0 Å². The fourth-order valence-corrected chi connectivity index (χ4v) is 2.21. The lowest BCUT2D eigenvalue weighted by Gasteiger charge is -2.38. The second-order valence-electron chi connectivity index (χ2n) is 5.79. The number of piperidine rings is 1. The van der Waals surface area contributed by atoms with Crippen molar-refractivity contribution in [3.63, 3.8) is 0 Å². The second kappa shape index (κ2) is 5.31. The minimum absolute atomic E-state index is 0.310. The lowest BCUT2D eigenvalue weighted by atomic mass is 9.96. The van der Waals surface area contributed by atoms with Crippen LogP contribution in [0.3, 0.4) is 0 Å². The third kappa shape index (κ3) is 4.12. The van der Waals surface area contributed by atoms with E-state index in [0.29, 0.717) is 11.6 Å². The van der Waals surface area contributed by atoms with Crippen LogP contribution in [0.15, 0.2) is 0 Å². The van der Waals surface area contributed by atoms with Crippen LogP contribution in [0.4, 0.5) is 0 Å². The highest BCUT2D eigenvalue weighted by Gasteiger charge is 2.25. The fraction of sp³-hybridized carbons (Fsp3) is 1.00. The van der Waals surface area contributed by atoms with Gasteiger partial charge in [0.25, 0.3) is 0 Å². The summed E-state index contributed by atoms with van der Waals surface area (Å²) in [5, 5.41) is 3.78. The van der Waals surface area contributed by atoms with Gasteiger partial charge in [0, 0.05) is 17.6 Å². The van der Waals surface area contributed by atoms with Crippen molar-refractivity contribution >= 4 is 0 Å². The van der Waals surface area contributed by atoms with Crippen LogP contribution < -0.4 is 5.32 Å². The smallest absolute Gasteiger partial charge is 0.0125 e.